The number of hydrogen-bond acceptors (Lipinski definition) is 2. The molecule has 0 saturated carbocycles. The van der Waals surface area contributed by atoms with Crippen LogP contribution >= 0.6 is 23.8 Å². The second-order valence-corrected chi connectivity index (χ2v) is 5.96. The van der Waals surface area contributed by atoms with Crippen LogP contribution in [0.1, 0.15) is 20.3 Å². The van der Waals surface area contributed by atoms with Crippen LogP contribution in [0.2, 0.25) is 5.02 Å². The summed E-state index contributed by atoms with van der Waals surface area (Å²) in [5.74, 6) is 0. The fourth-order valence-electron chi connectivity index (χ4n) is 2.52. The Morgan fingerprint density at radius 2 is 2.05 bits per heavy atom. The summed E-state index contributed by atoms with van der Waals surface area (Å²) in [6, 6.07) is 5.21. The number of quaternary nitrogens is 1. The van der Waals surface area contributed by atoms with Crippen LogP contribution in [0.5, 0.6) is 0 Å². The summed E-state index contributed by atoms with van der Waals surface area (Å²) in [6.07, 6.45) is 0.938. The topological polar surface area (TPSA) is 42.2 Å². The molecule has 2 N–H and O–H groups in total. The third-order valence-electron chi connectivity index (χ3n) is 3.86. The molecule has 1 aromatic heterocycles. The van der Waals surface area contributed by atoms with Crippen LogP contribution in [0.4, 0.5) is 0 Å². The van der Waals surface area contributed by atoms with Gasteiger partial charge in [0.1, 0.15) is 0 Å². The molecule has 4 nitrogen and oxygen atoms in total. The zero-order valence-corrected chi connectivity index (χ0v) is 14.0. The standard InChI is InChI=1S/C15H20ClN3OS/c1-3-18(4-2)8-5-9-19-14(20)12-7-6-11(16)10-13(12)17-15(19)21/h6-7,10H,3-5,8-9H2,1-2H3,(H,17,21)/p+1. The van der Waals surface area contributed by atoms with Crippen molar-refractivity contribution >= 4 is 34.7 Å². The van der Waals surface area contributed by atoms with E-state index in [1.165, 1.54) is 4.90 Å². The second-order valence-electron chi connectivity index (χ2n) is 5.14. The molecular weight excluding hydrogens is 306 g/mol. The molecule has 1 aromatic carbocycles. The van der Waals surface area contributed by atoms with Crippen molar-refractivity contribution in [3.63, 3.8) is 0 Å². The number of H-pyrrole nitrogens is 1. The van der Waals surface area contributed by atoms with Crippen molar-refractivity contribution in [2.45, 2.75) is 26.8 Å². The predicted molar refractivity (Wildman–Crippen MR) is 89.9 cm³/mol. The molecule has 0 aliphatic rings. The van der Waals surface area contributed by atoms with E-state index in [2.05, 4.69) is 18.8 Å². The molecule has 0 saturated heterocycles. The Kier molecular flexibility index (Phi) is 5.56. The number of hydrogen-bond donors (Lipinski definition) is 2. The molecule has 114 valence electrons. The summed E-state index contributed by atoms with van der Waals surface area (Å²) in [5, 5.41) is 1.22. The average molecular weight is 327 g/mol. The first kappa shape index (κ1) is 16.2. The summed E-state index contributed by atoms with van der Waals surface area (Å²) in [6.45, 7) is 8.26. The normalized spacial score (nSPS) is 11.4. The number of nitrogens with zero attached hydrogens (tertiary/aromatic N) is 1. The lowest BCUT2D eigenvalue weighted by molar-refractivity contribution is -0.896. The first-order chi connectivity index (χ1) is 10.1. The minimum Gasteiger partial charge on any atom is -0.335 e. The van der Waals surface area contributed by atoms with Crippen LogP contribution < -0.4 is 10.5 Å². The molecule has 6 heteroatoms. The van der Waals surface area contributed by atoms with E-state index in [4.69, 9.17) is 23.8 Å². The van der Waals surface area contributed by atoms with E-state index in [-0.39, 0.29) is 5.56 Å². The van der Waals surface area contributed by atoms with E-state index >= 15 is 0 Å². The lowest BCUT2D eigenvalue weighted by Crippen LogP contribution is -3.11. The van der Waals surface area contributed by atoms with Crippen molar-refractivity contribution in [1.29, 1.82) is 0 Å². The SMILES string of the molecule is CC[NH+](CC)CCCn1c(=S)[nH]c2cc(Cl)ccc2c1=O. The highest BCUT2D eigenvalue weighted by atomic mass is 35.5. The molecule has 0 unspecified atom stereocenters. The first-order valence-corrected chi connectivity index (χ1v) is 8.11. The van der Waals surface area contributed by atoms with Gasteiger partial charge >= 0.3 is 0 Å². The van der Waals surface area contributed by atoms with Gasteiger partial charge in [-0.2, -0.15) is 0 Å². The molecule has 0 amide bonds. The van der Waals surface area contributed by atoms with E-state index in [0.717, 1.165) is 26.1 Å². The van der Waals surface area contributed by atoms with Crippen LogP contribution in [0.25, 0.3) is 10.9 Å². The minimum absolute atomic E-state index is 0.0417. The molecule has 0 aliphatic heterocycles. The summed E-state index contributed by atoms with van der Waals surface area (Å²) >= 11 is 11.3. The Bertz CT molecular complexity index is 734. The Morgan fingerprint density at radius 3 is 2.71 bits per heavy atom. The van der Waals surface area contributed by atoms with E-state index in [1.807, 2.05) is 0 Å². The lowest BCUT2D eigenvalue weighted by atomic mass is 10.2. The van der Waals surface area contributed by atoms with Gasteiger partial charge in [0.05, 0.1) is 30.5 Å². The second kappa shape index (κ2) is 7.20. The quantitative estimate of drug-likeness (QED) is 0.798. The Balaban J connectivity index is 2.26. The van der Waals surface area contributed by atoms with E-state index in [1.54, 1.807) is 22.8 Å². The monoisotopic (exact) mass is 326 g/mol. The predicted octanol–water partition coefficient (Wildman–Crippen LogP) is 2.03. The minimum atomic E-state index is -0.0417. The van der Waals surface area contributed by atoms with Gasteiger partial charge in [0.25, 0.3) is 5.56 Å². The maximum Gasteiger partial charge on any atom is 0.262 e. The van der Waals surface area contributed by atoms with Crippen molar-refractivity contribution in [2.24, 2.45) is 0 Å². The molecule has 0 spiro atoms. The fourth-order valence-corrected chi connectivity index (χ4v) is 2.98. The largest absolute Gasteiger partial charge is 0.335 e. The van der Waals surface area contributed by atoms with E-state index < -0.39 is 0 Å². The van der Waals surface area contributed by atoms with Crippen LogP contribution in [0.3, 0.4) is 0 Å². The Labute approximate surface area is 134 Å². The zero-order chi connectivity index (χ0) is 15.4. The van der Waals surface area contributed by atoms with Crippen LogP contribution in [-0.2, 0) is 6.54 Å². The van der Waals surface area contributed by atoms with Crippen LogP contribution in [0, 0.1) is 4.77 Å². The molecule has 0 radical (unpaired) electrons. The van der Waals surface area contributed by atoms with Crippen LogP contribution in [0.15, 0.2) is 23.0 Å². The number of halogens is 1. The van der Waals surface area contributed by atoms with Crippen LogP contribution in [-0.4, -0.2) is 29.2 Å². The summed E-state index contributed by atoms with van der Waals surface area (Å²) in [7, 11) is 0. The number of benzene rings is 1. The molecule has 2 aromatic rings. The van der Waals surface area contributed by atoms with Crippen molar-refractivity contribution in [2.75, 3.05) is 19.6 Å². The smallest absolute Gasteiger partial charge is 0.262 e. The molecular formula is C15H21ClN3OS+. The Morgan fingerprint density at radius 1 is 1.33 bits per heavy atom. The summed E-state index contributed by atoms with van der Waals surface area (Å²) in [4.78, 5) is 17.1. The van der Waals surface area contributed by atoms with Gasteiger partial charge in [0.15, 0.2) is 4.77 Å². The number of fused-ring (bicyclic) bond motifs is 1. The molecule has 0 bridgehead atoms. The first-order valence-electron chi connectivity index (χ1n) is 7.32. The van der Waals surface area contributed by atoms with Gasteiger partial charge < -0.3 is 9.88 Å². The number of nitrogens with one attached hydrogen (secondary N) is 2. The highest BCUT2D eigenvalue weighted by Gasteiger charge is 2.08. The molecule has 0 fully saturated rings. The van der Waals surface area contributed by atoms with Gasteiger partial charge in [-0.25, -0.2) is 0 Å². The van der Waals surface area contributed by atoms with Gasteiger partial charge in [-0.3, -0.25) is 9.36 Å². The van der Waals surface area contributed by atoms with Gasteiger partial charge in [-0.05, 0) is 44.3 Å². The maximum atomic E-state index is 12.5. The zero-order valence-electron chi connectivity index (χ0n) is 12.4. The Hall–Kier alpha value is -1.17. The summed E-state index contributed by atoms with van der Waals surface area (Å²) in [5.41, 5.74) is 0.656. The van der Waals surface area contributed by atoms with Gasteiger partial charge in [0.2, 0.25) is 0 Å². The van der Waals surface area contributed by atoms with Crippen molar-refractivity contribution in [3.8, 4) is 0 Å². The molecule has 21 heavy (non-hydrogen) atoms. The summed E-state index contributed by atoms with van der Waals surface area (Å²) < 4.78 is 2.11. The molecule has 0 aliphatic carbocycles. The van der Waals surface area contributed by atoms with E-state index in [9.17, 15) is 4.79 Å². The number of rotatable bonds is 6. The highest BCUT2D eigenvalue weighted by Crippen LogP contribution is 2.14. The number of aromatic amines is 1. The van der Waals surface area contributed by atoms with Crippen molar-refractivity contribution < 1.29 is 4.90 Å². The van der Waals surface area contributed by atoms with Crippen molar-refractivity contribution in [1.82, 2.24) is 9.55 Å². The van der Waals surface area contributed by atoms with Gasteiger partial charge in [-0.1, -0.05) is 11.6 Å². The number of aromatic nitrogens is 2. The highest BCUT2D eigenvalue weighted by molar-refractivity contribution is 7.71. The lowest BCUT2D eigenvalue weighted by Gasteiger charge is -2.15. The van der Waals surface area contributed by atoms with Crippen molar-refractivity contribution in [3.05, 3.63) is 38.3 Å². The molecule has 1 heterocycles. The molecule has 0 atom stereocenters. The third kappa shape index (κ3) is 3.73. The van der Waals surface area contributed by atoms with Gasteiger partial charge in [-0.15, -0.1) is 0 Å². The van der Waals surface area contributed by atoms with Gasteiger partial charge in [0, 0.05) is 18.0 Å². The average Bonchev–Trinajstić information content (AvgIpc) is 2.46. The molecule has 2 rings (SSSR count). The fraction of sp³-hybridized carbons (Fsp3) is 0.467. The third-order valence-corrected chi connectivity index (χ3v) is 4.41. The maximum absolute atomic E-state index is 12.5. The van der Waals surface area contributed by atoms with E-state index in [0.29, 0.717) is 27.2 Å².